The first-order chi connectivity index (χ1) is 12.4. The van der Waals surface area contributed by atoms with Crippen molar-refractivity contribution in [1.82, 2.24) is 0 Å². The third kappa shape index (κ3) is 3.81. The summed E-state index contributed by atoms with van der Waals surface area (Å²) in [6, 6.07) is 9.35. The van der Waals surface area contributed by atoms with Gasteiger partial charge >= 0.3 is 0 Å². The van der Waals surface area contributed by atoms with Crippen LogP contribution in [0.4, 0.5) is 11.4 Å². The van der Waals surface area contributed by atoms with Crippen molar-refractivity contribution in [2.24, 2.45) is 0 Å². The minimum Gasteiger partial charge on any atom is -0.496 e. The Kier molecular flexibility index (Phi) is 5.15. The molecule has 0 spiro atoms. The van der Waals surface area contributed by atoms with Gasteiger partial charge in [-0.25, -0.2) is 8.42 Å². The highest BCUT2D eigenvalue weighted by Crippen LogP contribution is 2.28. The number of hydrogen-bond acceptors (Lipinski definition) is 5. The van der Waals surface area contributed by atoms with E-state index in [-0.39, 0.29) is 17.4 Å². The molecule has 26 heavy (non-hydrogen) atoms. The van der Waals surface area contributed by atoms with E-state index >= 15 is 0 Å². The number of aliphatic hydroxyl groups is 1. The van der Waals surface area contributed by atoms with Crippen LogP contribution in [-0.2, 0) is 27.8 Å². The third-order valence-electron chi connectivity index (χ3n) is 4.21. The fourth-order valence-electron chi connectivity index (χ4n) is 2.90. The molecule has 3 rings (SSSR count). The Morgan fingerprint density at radius 2 is 2.00 bits per heavy atom. The highest BCUT2D eigenvalue weighted by Gasteiger charge is 2.19. The number of aliphatic hydroxyl groups excluding tert-OH is 1. The molecule has 2 aromatic carbocycles. The molecule has 0 aliphatic carbocycles. The highest BCUT2D eigenvalue weighted by atomic mass is 32.2. The fourth-order valence-corrected chi connectivity index (χ4v) is 4.00. The van der Waals surface area contributed by atoms with Crippen molar-refractivity contribution in [1.29, 1.82) is 0 Å². The molecule has 0 atom stereocenters. The molecule has 0 saturated carbocycles. The van der Waals surface area contributed by atoms with Gasteiger partial charge in [0.15, 0.2) is 0 Å². The van der Waals surface area contributed by atoms with Crippen molar-refractivity contribution >= 4 is 27.3 Å². The smallest absolute Gasteiger partial charge is 0.261 e. The number of carbonyl (C=O) groups excluding carboxylic acids is 1. The van der Waals surface area contributed by atoms with Crippen molar-refractivity contribution in [3.05, 3.63) is 47.5 Å². The summed E-state index contributed by atoms with van der Waals surface area (Å²) < 4.78 is 33.0. The van der Waals surface area contributed by atoms with Gasteiger partial charge in [0.2, 0.25) is 5.91 Å². The lowest BCUT2D eigenvalue weighted by Crippen LogP contribution is -2.14. The van der Waals surface area contributed by atoms with E-state index in [4.69, 9.17) is 4.74 Å². The zero-order valence-corrected chi connectivity index (χ0v) is 15.1. The van der Waals surface area contributed by atoms with E-state index in [0.29, 0.717) is 42.0 Å². The van der Waals surface area contributed by atoms with E-state index in [1.807, 2.05) is 0 Å². The summed E-state index contributed by atoms with van der Waals surface area (Å²) in [6.07, 6.45) is 1.73. The predicted octanol–water partition coefficient (Wildman–Crippen LogP) is 2.26. The first kappa shape index (κ1) is 18.2. The molecule has 0 saturated heterocycles. The molecule has 3 N–H and O–H groups in total. The first-order valence-corrected chi connectivity index (χ1v) is 9.64. The molecule has 7 nitrogen and oxygen atoms in total. The van der Waals surface area contributed by atoms with Gasteiger partial charge in [0.05, 0.1) is 18.6 Å². The lowest BCUT2D eigenvalue weighted by Gasteiger charge is -2.13. The summed E-state index contributed by atoms with van der Waals surface area (Å²) in [7, 11) is -2.32. The minimum atomic E-state index is -3.80. The van der Waals surface area contributed by atoms with Crippen LogP contribution in [-0.4, -0.2) is 26.5 Å². The molecule has 0 bridgehead atoms. The maximum Gasteiger partial charge on any atom is 0.261 e. The molecule has 0 radical (unpaired) electrons. The van der Waals surface area contributed by atoms with E-state index in [2.05, 4.69) is 10.0 Å². The number of amides is 1. The Morgan fingerprint density at radius 1 is 1.19 bits per heavy atom. The summed E-state index contributed by atoms with van der Waals surface area (Å²) >= 11 is 0. The number of nitrogens with one attached hydrogen (secondary N) is 2. The van der Waals surface area contributed by atoms with Gasteiger partial charge < -0.3 is 15.2 Å². The standard InChI is InChI=1S/C18H20N2O5S/c1-25-17-8-5-14(9-13(17)11-21)20-26(23,24)15-6-7-16-12(10-15)3-2-4-18(22)19-16/h5-10,20-21H,2-4,11H2,1H3,(H,19,22). The van der Waals surface area contributed by atoms with E-state index < -0.39 is 10.0 Å². The average Bonchev–Trinajstić information content (AvgIpc) is 2.81. The van der Waals surface area contributed by atoms with Gasteiger partial charge in [0.25, 0.3) is 10.0 Å². The number of anilines is 2. The lowest BCUT2D eigenvalue weighted by atomic mass is 10.1. The van der Waals surface area contributed by atoms with Gasteiger partial charge in [-0.15, -0.1) is 0 Å². The van der Waals surface area contributed by atoms with Crippen molar-refractivity contribution in [3.8, 4) is 5.75 Å². The number of aryl methyl sites for hydroxylation is 1. The van der Waals surface area contributed by atoms with Crippen LogP contribution in [0.3, 0.4) is 0 Å². The van der Waals surface area contributed by atoms with Crippen molar-refractivity contribution < 1.29 is 23.1 Å². The average molecular weight is 376 g/mol. The van der Waals surface area contributed by atoms with Crippen LogP contribution in [0.25, 0.3) is 0 Å². The fraction of sp³-hybridized carbons (Fsp3) is 0.278. The molecular formula is C18H20N2O5S. The minimum absolute atomic E-state index is 0.0627. The Bertz CT molecular complexity index is 941. The van der Waals surface area contributed by atoms with E-state index in [1.54, 1.807) is 24.3 Å². The van der Waals surface area contributed by atoms with Crippen LogP contribution in [0.15, 0.2) is 41.3 Å². The number of sulfonamides is 1. The molecule has 1 aliphatic heterocycles. The zero-order valence-electron chi connectivity index (χ0n) is 14.3. The molecular weight excluding hydrogens is 356 g/mol. The summed E-state index contributed by atoms with van der Waals surface area (Å²) in [4.78, 5) is 11.7. The number of rotatable bonds is 5. The van der Waals surface area contributed by atoms with Crippen molar-refractivity contribution in [2.45, 2.75) is 30.8 Å². The zero-order chi connectivity index (χ0) is 18.7. The Morgan fingerprint density at radius 3 is 2.73 bits per heavy atom. The number of carbonyl (C=O) groups is 1. The van der Waals surface area contributed by atoms with E-state index in [0.717, 1.165) is 5.56 Å². The molecule has 1 aliphatic rings. The molecule has 0 unspecified atom stereocenters. The van der Waals surface area contributed by atoms with Crippen LogP contribution in [0.5, 0.6) is 5.75 Å². The van der Waals surface area contributed by atoms with Crippen molar-refractivity contribution in [3.63, 3.8) is 0 Å². The second kappa shape index (κ2) is 7.35. The number of ether oxygens (including phenoxy) is 1. The summed E-state index contributed by atoms with van der Waals surface area (Å²) in [5, 5.41) is 12.2. The molecule has 1 amide bonds. The van der Waals surface area contributed by atoms with Gasteiger partial charge in [0, 0.05) is 23.4 Å². The predicted molar refractivity (Wildman–Crippen MR) is 97.7 cm³/mol. The topological polar surface area (TPSA) is 105 Å². The van der Waals surface area contributed by atoms with Crippen LogP contribution < -0.4 is 14.8 Å². The number of hydrogen-bond donors (Lipinski definition) is 3. The largest absolute Gasteiger partial charge is 0.496 e. The SMILES string of the molecule is COc1ccc(NS(=O)(=O)c2ccc3c(c2)CCCC(=O)N3)cc1CO. The van der Waals surface area contributed by atoms with Gasteiger partial charge in [-0.1, -0.05) is 0 Å². The molecule has 2 aromatic rings. The maximum absolute atomic E-state index is 12.7. The van der Waals surface area contributed by atoms with Crippen LogP contribution in [0, 0.1) is 0 Å². The maximum atomic E-state index is 12.7. The van der Waals surface area contributed by atoms with Gasteiger partial charge in [-0.3, -0.25) is 9.52 Å². The summed E-state index contributed by atoms with van der Waals surface area (Å²) in [5.41, 5.74) is 2.26. The number of methoxy groups -OCH3 is 1. The second-order valence-corrected chi connectivity index (χ2v) is 7.69. The number of fused-ring (bicyclic) bond motifs is 1. The number of benzene rings is 2. The molecule has 8 heteroatoms. The Balaban J connectivity index is 1.89. The van der Waals surface area contributed by atoms with Gasteiger partial charge in [-0.05, 0) is 54.8 Å². The summed E-state index contributed by atoms with van der Waals surface area (Å²) in [5.74, 6) is 0.420. The highest BCUT2D eigenvalue weighted by molar-refractivity contribution is 7.92. The van der Waals surface area contributed by atoms with Crippen LogP contribution in [0.2, 0.25) is 0 Å². The summed E-state index contributed by atoms with van der Waals surface area (Å²) in [6.45, 7) is -0.267. The second-order valence-electron chi connectivity index (χ2n) is 6.01. The quantitative estimate of drug-likeness (QED) is 0.742. The van der Waals surface area contributed by atoms with Crippen LogP contribution in [0.1, 0.15) is 24.0 Å². The Labute approximate surface area is 152 Å². The Hall–Kier alpha value is -2.58. The molecule has 0 aromatic heterocycles. The van der Waals surface area contributed by atoms with Crippen molar-refractivity contribution in [2.75, 3.05) is 17.1 Å². The normalized spacial score (nSPS) is 14.2. The monoisotopic (exact) mass is 376 g/mol. The van der Waals surface area contributed by atoms with Crippen LogP contribution >= 0.6 is 0 Å². The first-order valence-electron chi connectivity index (χ1n) is 8.16. The molecule has 1 heterocycles. The molecule has 0 fully saturated rings. The molecule has 138 valence electrons. The third-order valence-corrected chi connectivity index (χ3v) is 5.59. The van der Waals surface area contributed by atoms with Gasteiger partial charge in [-0.2, -0.15) is 0 Å². The lowest BCUT2D eigenvalue weighted by molar-refractivity contribution is -0.116. The van der Waals surface area contributed by atoms with E-state index in [9.17, 15) is 18.3 Å². The van der Waals surface area contributed by atoms with E-state index in [1.165, 1.54) is 19.2 Å². The van der Waals surface area contributed by atoms with Gasteiger partial charge in [0.1, 0.15) is 5.75 Å².